The van der Waals surface area contributed by atoms with Crippen molar-refractivity contribution in [2.75, 3.05) is 19.6 Å². The van der Waals surface area contributed by atoms with Crippen molar-refractivity contribution in [3.63, 3.8) is 0 Å². The maximum absolute atomic E-state index is 13.6. The van der Waals surface area contributed by atoms with Gasteiger partial charge in [0.05, 0.1) is 11.4 Å². The molecule has 2 N–H and O–H groups in total. The lowest BCUT2D eigenvalue weighted by Gasteiger charge is -2.33. The largest absolute Gasteiger partial charge is 0.406 e. The SMILES string of the molecule is O=C(C[C@@H]1Cc2cc(Br)c3[nH]nc(Br)c3c2CN(CC(F)(F)F)C1=O)N1CCC(c2cc3ccccc3[nH]c2=O)CC1. The van der Waals surface area contributed by atoms with Crippen LogP contribution in [0.5, 0.6) is 0 Å². The lowest BCUT2D eigenvalue weighted by molar-refractivity contribution is -0.165. The van der Waals surface area contributed by atoms with E-state index in [1.165, 1.54) is 0 Å². The minimum atomic E-state index is -4.60. The summed E-state index contributed by atoms with van der Waals surface area (Å²) in [5, 5.41) is 8.55. The summed E-state index contributed by atoms with van der Waals surface area (Å²) in [7, 11) is 0. The van der Waals surface area contributed by atoms with Gasteiger partial charge in [-0.1, -0.05) is 18.2 Å². The van der Waals surface area contributed by atoms with Crippen LogP contribution in [0.1, 0.15) is 41.9 Å². The Kier molecular flexibility index (Phi) is 7.67. The van der Waals surface area contributed by atoms with Crippen LogP contribution < -0.4 is 5.56 Å². The van der Waals surface area contributed by atoms with Crippen molar-refractivity contribution in [2.24, 2.45) is 5.92 Å². The molecule has 220 valence electrons. The molecule has 42 heavy (non-hydrogen) atoms. The average molecular weight is 709 g/mol. The third-order valence-electron chi connectivity index (χ3n) is 8.29. The van der Waals surface area contributed by atoms with Crippen LogP contribution in [0.2, 0.25) is 0 Å². The van der Waals surface area contributed by atoms with Crippen LogP contribution >= 0.6 is 31.9 Å². The van der Waals surface area contributed by atoms with Gasteiger partial charge >= 0.3 is 6.18 Å². The molecule has 1 fully saturated rings. The molecular weight excluding hydrogens is 683 g/mol. The number of nitrogens with one attached hydrogen (secondary N) is 2. The molecule has 1 saturated heterocycles. The highest BCUT2D eigenvalue weighted by molar-refractivity contribution is 9.11. The summed E-state index contributed by atoms with van der Waals surface area (Å²) in [5.74, 6) is -1.95. The first-order chi connectivity index (χ1) is 20.0. The van der Waals surface area contributed by atoms with Crippen LogP contribution in [0, 0.1) is 5.92 Å². The molecule has 1 atom stereocenters. The molecule has 2 aliphatic heterocycles. The Morgan fingerprint density at radius 3 is 2.57 bits per heavy atom. The van der Waals surface area contributed by atoms with Gasteiger partial charge < -0.3 is 14.8 Å². The average Bonchev–Trinajstić information content (AvgIpc) is 3.29. The van der Waals surface area contributed by atoms with E-state index >= 15 is 0 Å². The highest BCUT2D eigenvalue weighted by Gasteiger charge is 2.40. The Labute approximate surface area is 254 Å². The van der Waals surface area contributed by atoms with Crippen molar-refractivity contribution in [1.29, 1.82) is 0 Å². The molecule has 8 nitrogen and oxygen atoms in total. The Morgan fingerprint density at radius 2 is 1.83 bits per heavy atom. The molecule has 0 spiro atoms. The van der Waals surface area contributed by atoms with Crippen molar-refractivity contribution in [2.45, 2.75) is 44.3 Å². The second kappa shape index (κ2) is 11.1. The molecule has 2 aromatic carbocycles. The number of fused-ring (bicyclic) bond motifs is 4. The van der Waals surface area contributed by atoms with Crippen LogP contribution in [0.15, 0.2) is 50.3 Å². The molecule has 6 rings (SSSR count). The van der Waals surface area contributed by atoms with E-state index in [2.05, 4.69) is 47.0 Å². The number of alkyl halides is 3. The number of aromatic amines is 2. The molecule has 0 aliphatic carbocycles. The minimum absolute atomic E-state index is 0.0239. The van der Waals surface area contributed by atoms with Gasteiger partial charge in [-0.15, -0.1) is 0 Å². The predicted octanol–water partition coefficient (Wildman–Crippen LogP) is 5.79. The quantitative estimate of drug-likeness (QED) is 0.280. The number of aromatic nitrogens is 3. The Balaban J connectivity index is 1.21. The maximum Gasteiger partial charge on any atom is 0.406 e. The number of benzene rings is 2. The summed E-state index contributed by atoms with van der Waals surface area (Å²) < 4.78 is 41.8. The lowest BCUT2D eigenvalue weighted by atomic mass is 9.88. The summed E-state index contributed by atoms with van der Waals surface area (Å²) in [6.45, 7) is -0.859. The fraction of sp³-hybridized carbons (Fsp3) is 0.379. The molecule has 13 heteroatoms. The zero-order valence-corrected chi connectivity index (χ0v) is 25.4. The molecule has 0 bridgehead atoms. The first-order valence-electron chi connectivity index (χ1n) is 13.6. The number of hydrogen-bond acceptors (Lipinski definition) is 4. The fourth-order valence-corrected chi connectivity index (χ4v) is 7.33. The van der Waals surface area contributed by atoms with Crippen LogP contribution in [0.3, 0.4) is 0 Å². The summed E-state index contributed by atoms with van der Waals surface area (Å²) in [6.07, 6.45) is -3.51. The van der Waals surface area contributed by atoms with Crippen molar-refractivity contribution >= 4 is 65.5 Å². The number of amides is 2. The smallest absolute Gasteiger partial charge is 0.343 e. The van der Waals surface area contributed by atoms with Crippen molar-refractivity contribution in [3.05, 3.63) is 72.5 Å². The van der Waals surface area contributed by atoms with Gasteiger partial charge in [-0.2, -0.15) is 18.3 Å². The second-order valence-corrected chi connectivity index (χ2v) is 12.6. The Hall–Kier alpha value is -3.19. The molecular formula is C29H26Br2F3N5O3. The maximum atomic E-state index is 13.6. The van der Waals surface area contributed by atoms with E-state index < -0.39 is 24.5 Å². The molecule has 0 saturated carbocycles. The molecule has 2 amide bonds. The van der Waals surface area contributed by atoms with Gasteiger partial charge in [0.25, 0.3) is 5.56 Å². The van der Waals surface area contributed by atoms with Crippen molar-refractivity contribution in [3.8, 4) is 0 Å². The van der Waals surface area contributed by atoms with Gasteiger partial charge in [-0.25, -0.2) is 0 Å². The number of piperidine rings is 1. The number of likely N-dealkylation sites (tertiary alicyclic amines) is 1. The van der Waals surface area contributed by atoms with Gasteiger partial charge in [0.15, 0.2) is 0 Å². The van der Waals surface area contributed by atoms with E-state index in [0.717, 1.165) is 15.8 Å². The van der Waals surface area contributed by atoms with Crippen molar-refractivity contribution in [1.82, 2.24) is 25.0 Å². The highest BCUT2D eigenvalue weighted by Crippen LogP contribution is 2.38. The second-order valence-electron chi connectivity index (χ2n) is 11.0. The first-order valence-corrected chi connectivity index (χ1v) is 15.2. The van der Waals surface area contributed by atoms with Gasteiger partial charge in [0.2, 0.25) is 11.8 Å². The molecule has 0 radical (unpaired) electrons. The van der Waals surface area contributed by atoms with E-state index in [9.17, 15) is 27.6 Å². The number of hydrogen-bond donors (Lipinski definition) is 2. The standard InChI is InChI=1S/C29H26Br2F3N5O3/c30-21-11-17-9-18(28(42)39(14-29(32,33)34)13-20(17)24-25(21)36-37-26(24)31)12-23(40)38-7-5-15(6-8-38)19-10-16-3-1-2-4-22(16)35-27(19)41/h1-4,10-11,15,18H,5-9,12-14H2,(H,35,41)(H,36,37)/t18-/m0/s1. The molecule has 2 aromatic heterocycles. The van der Waals surface area contributed by atoms with Gasteiger partial charge in [0.1, 0.15) is 11.1 Å². The summed E-state index contributed by atoms with van der Waals surface area (Å²) in [6, 6.07) is 11.2. The van der Waals surface area contributed by atoms with Crippen molar-refractivity contribution < 1.29 is 22.8 Å². The van der Waals surface area contributed by atoms with E-state index in [0.29, 0.717) is 62.6 Å². The van der Waals surface area contributed by atoms with Gasteiger partial charge in [0, 0.05) is 47.0 Å². The third-order valence-corrected chi connectivity index (χ3v) is 9.49. The number of para-hydroxylation sites is 1. The number of nitrogens with zero attached hydrogens (tertiary/aromatic N) is 3. The van der Waals surface area contributed by atoms with E-state index in [4.69, 9.17) is 0 Å². The highest BCUT2D eigenvalue weighted by atomic mass is 79.9. The zero-order chi connectivity index (χ0) is 29.8. The molecule has 4 heterocycles. The topological polar surface area (TPSA) is 102 Å². The van der Waals surface area contributed by atoms with E-state index in [1.54, 1.807) is 11.0 Å². The predicted molar refractivity (Wildman–Crippen MR) is 158 cm³/mol. The summed E-state index contributed by atoms with van der Waals surface area (Å²) in [4.78, 5) is 45.1. The Bertz CT molecular complexity index is 1760. The normalized spacial score (nSPS) is 18.5. The number of carbonyl (C=O) groups is 2. The molecule has 4 aromatic rings. The van der Waals surface area contributed by atoms with Gasteiger partial charge in [-0.05, 0) is 91.8 Å². The molecule has 2 aliphatic rings. The van der Waals surface area contributed by atoms with Gasteiger partial charge in [-0.3, -0.25) is 19.5 Å². The van der Waals surface area contributed by atoms with Crippen LogP contribution in [0.4, 0.5) is 13.2 Å². The molecule has 0 unspecified atom stereocenters. The van der Waals surface area contributed by atoms with E-state index in [-0.39, 0.29) is 36.8 Å². The van der Waals surface area contributed by atoms with Crippen LogP contribution in [-0.2, 0) is 22.6 Å². The summed E-state index contributed by atoms with van der Waals surface area (Å²) in [5.41, 5.74) is 3.19. The number of H-pyrrole nitrogens is 2. The lowest BCUT2D eigenvalue weighted by Crippen LogP contribution is -2.44. The first kappa shape index (κ1) is 28.9. The number of halogens is 5. The Morgan fingerprint density at radius 1 is 1.10 bits per heavy atom. The monoisotopic (exact) mass is 707 g/mol. The number of rotatable bonds is 4. The van der Waals surface area contributed by atoms with Crippen LogP contribution in [0.25, 0.3) is 21.8 Å². The minimum Gasteiger partial charge on any atom is -0.343 e. The van der Waals surface area contributed by atoms with E-state index in [1.807, 2.05) is 30.3 Å². The zero-order valence-electron chi connectivity index (χ0n) is 22.2. The third kappa shape index (κ3) is 5.60. The fourth-order valence-electron chi connectivity index (χ4n) is 6.24. The number of carbonyl (C=O) groups excluding carboxylic acids is 2. The van der Waals surface area contributed by atoms with Crippen LogP contribution in [-0.4, -0.2) is 62.6 Å². The summed E-state index contributed by atoms with van der Waals surface area (Å²) >= 11 is 6.88. The number of pyridine rings is 1.